The van der Waals surface area contributed by atoms with Crippen molar-refractivity contribution < 1.29 is 18.8 Å². The Morgan fingerprint density at radius 1 is 0.903 bits per heavy atom. The summed E-state index contributed by atoms with van der Waals surface area (Å²) in [5.41, 5.74) is 1.50. The molecule has 0 aliphatic carbocycles. The average Bonchev–Trinajstić information content (AvgIpc) is 3.06. The van der Waals surface area contributed by atoms with E-state index in [1.54, 1.807) is 24.3 Å². The Balaban J connectivity index is 1.53. The van der Waals surface area contributed by atoms with Crippen LogP contribution in [0.4, 0.5) is 26.2 Å². The molecule has 0 aromatic heterocycles. The molecule has 162 valence electrons. The van der Waals surface area contributed by atoms with E-state index >= 15 is 0 Å². The Morgan fingerprint density at radius 2 is 1.55 bits per heavy atom. The first kappa shape index (κ1) is 20.8. The van der Waals surface area contributed by atoms with Crippen molar-refractivity contribution in [3.05, 3.63) is 54.3 Å². The van der Waals surface area contributed by atoms with Crippen LogP contribution in [-0.2, 0) is 9.59 Å². The maximum absolute atomic E-state index is 13.1. The standard InChI is InChI=1S/C23H25FN4O3/c24-17-9-11-18(12-10-17)25-23(31)28-16-22(30)27(19-7-3-4-8-20(19)28)15-21(29)26-13-5-1-2-6-14-26/h3-4,7-12H,1-2,5-6,13-16H2,(H,25,31). The van der Waals surface area contributed by atoms with Gasteiger partial charge in [-0.1, -0.05) is 25.0 Å². The predicted octanol–water partition coefficient (Wildman–Crippen LogP) is 3.61. The fourth-order valence-corrected chi connectivity index (χ4v) is 3.99. The lowest BCUT2D eigenvalue weighted by molar-refractivity contribution is -0.131. The molecule has 1 saturated heterocycles. The number of likely N-dealkylation sites (tertiary alicyclic amines) is 1. The predicted molar refractivity (Wildman–Crippen MR) is 117 cm³/mol. The van der Waals surface area contributed by atoms with Gasteiger partial charge >= 0.3 is 6.03 Å². The SMILES string of the molecule is O=C(CN1C(=O)CN(C(=O)Nc2ccc(F)cc2)c2ccccc21)N1CCCCCC1. The molecule has 0 spiro atoms. The normalized spacial score (nSPS) is 16.5. The lowest BCUT2D eigenvalue weighted by atomic mass is 10.1. The first-order valence-electron chi connectivity index (χ1n) is 10.5. The summed E-state index contributed by atoms with van der Waals surface area (Å²) in [7, 11) is 0. The Bertz CT molecular complexity index is 971. The van der Waals surface area contributed by atoms with E-state index in [-0.39, 0.29) is 24.9 Å². The lowest BCUT2D eigenvalue weighted by Crippen LogP contribution is -2.52. The largest absolute Gasteiger partial charge is 0.341 e. The van der Waals surface area contributed by atoms with Crippen LogP contribution in [0.3, 0.4) is 0 Å². The van der Waals surface area contributed by atoms with Gasteiger partial charge in [-0.05, 0) is 49.2 Å². The number of nitrogens with one attached hydrogen (secondary N) is 1. The Kier molecular flexibility index (Phi) is 6.16. The van der Waals surface area contributed by atoms with E-state index < -0.39 is 11.8 Å². The molecule has 2 aliphatic heterocycles. The van der Waals surface area contributed by atoms with Gasteiger partial charge in [-0.25, -0.2) is 9.18 Å². The molecule has 7 nitrogen and oxygen atoms in total. The van der Waals surface area contributed by atoms with Gasteiger partial charge in [0.25, 0.3) is 0 Å². The number of amides is 4. The van der Waals surface area contributed by atoms with Gasteiger partial charge in [-0.2, -0.15) is 0 Å². The molecule has 2 aromatic rings. The van der Waals surface area contributed by atoms with Crippen molar-refractivity contribution in [1.82, 2.24) is 4.90 Å². The Labute approximate surface area is 180 Å². The summed E-state index contributed by atoms with van der Waals surface area (Å²) < 4.78 is 13.1. The van der Waals surface area contributed by atoms with Gasteiger partial charge in [0.05, 0.1) is 11.4 Å². The van der Waals surface area contributed by atoms with Gasteiger partial charge in [0.1, 0.15) is 18.9 Å². The van der Waals surface area contributed by atoms with Crippen LogP contribution in [-0.4, -0.2) is 48.9 Å². The van der Waals surface area contributed by atoms with Crippen LogP contribution in [0.2, 0.25) is 0 Å². The van der Waals surface area contributed by atoms with Gasteiger partial charge in [-0.3, -0.25) is 19.4 Å². The molecule has 8 heteroatoms. The van der Waals surface area contributed by atoms with Gasteiger partial charge in [-0.15, -0.1) is 0 Å². The number of rotatable bonds is 3. The van der Waals surface area contributed by atoms with Gasteiger partial charge in [0.2, 0.25) is 11.8 Å². The molecule has 1 fully saturated rings. The fraction of sp³-hybridized carbons (Fsp3) is 0.348. The number of para-hydroxylation sites is 2. The number of carbonyl (C=O) groups excluding carboxylic acids is 3. The summed E-state index contributed by atoms with van der Waals surface area (Å²) in [6, 6.07) is 12.0. The van der Waals surface area contributed by atoms with Crippen molar-refractivity contribution in [2.75, 3.05) is 41.3 Å². The highest BCUT2D eigenvalue weighted by atomic mass is 19.1. The maximum atomic E-state index is 13.1. The molecule has 0 radical (unpaired) electrons. The molecule has 4 amide bonds. The quantitative estimate of drug-likeness (QED) is 0.818. The van der Waals surface area contributed by atoms with E-state index in [0.29, 0.717) is 30.2 Å². The first-order valence-corrected chi connectivity index (χ1v) is 10.5. The minimum Gasteiger partial charge on any atom is -0.341 e. The van der Waals surface area contributed by atoms with Crippen molar-refractivity contribution >= 4 is 34.9 Å². The fourth-order valence-electron chi connectivity index (χ4n) is 3.99. The Morgan fingerprint density at radius 3 is 2.23 bits per heavy atom. The number of carbonyl (C=O) groups is 3. The zero-order valence-corrected chi connectivity index (χ0v) is 17.2. The van der Waals surface area contributed by atoms with Gasteiger partial charge in [0.15, 0.2) is 0 Å². The number of urea groups is 1. The summed E-state index contributed by atoms with van der Waals surface area (Å²) in [6.07, 6.45) is 4.20. The first-order chi connectivity index (χ1) is 15.0. The zero-order chi connectivity index (χ0) is 21.8. The highest BCUT2D eigenvalue weighted by molar-refractivity contribution is 6.15. The molecule has 2 aromatic carbocycles. The van der Waals surface area contributed by atoms with Gasteiger partial charge < -0.3 is 10.2 Å². The monoisotopic (exact) mass is 424 g/mol. The molecule has 0 atom stereocenters. The second-order valence-corrected chi connectivity index (χ2v) is 7.79. The maximum Gasteiger partial charge on any atom is 0.326 e. The number of nitrogens with zero attached hydrogens (tertiary/aromatic N) is 3. The molecule has 31 heavy (non-hydrogen) atoms. The van der Waals surface area contributed by atoms with E-state index in [9.17, 15) is 18.8 Å². The summed E-state index contributed by atoms with van der Waals surface area (Å²) in [5.74, 6) is -0.799. The summed E-state index contributed by atoms with van der Waals surface area (Å²) in [6.45, 7) is 1.21. The molecule has 2 aliphatic rings. The molecule has 0 bridgehead atoms. The number of fused-ring (bicyclic) bond motifs is 1. The van der Waals surface area contributed by atoms with Crippen LogP contribution in [0.25, 0.3) is 0 Å². The van der Waals surface area contributed by atoms with E-state index in [0.717, 1.165) is 25.7 Å². The second-order valence-electron chi connectivity index (χ2n) is 7.79. The molecule has 0 unspecified atom stereocenters. The molecular formula is C23H25FN4O3. The minimum absolute atomic E-state index is 0.0384. The van der Waals surface area contributed by atoms with E-state index in [4.69, 9.17) is 0 Å². The van der Waals surface area contributed by atoms with Crippen LogP contribution in [0.1, 0.15) is 25.7 Å². The van der Waals surface area contributed by atoms with E-state index in [1.165, 1.54) is 34.1 Å². The lowest BCUT2D eigenvalue weighted by Gasteiger charge is -2.36. The number of anilines is 3. The van der Waals surface area contributed by atoms with E-state index in [2.05, 4.69) is 5.32 Å². The zero-order valence-electron chi connectivity index (χ0n) is 17.2. The smallest absolute Gasteiger partial charge is 0.326 e. The third-order valence-corrected chi connectivity index (χ3v) is 5.65. The van der Waals surface area contributed by atoms with Crippen LogP contribution in [0.15, 0.2) is 48.5 Å². The van der Waals surface area contributed by atoms with Crippen LogP contribution >= 0.6 is 0 Å². The second kappa shape index (κ2) is 9.16. The van der Waals surface area contributed by atoms with Crippen molar-refractivity contribution in [1.29, 1.82) is 0 Å². The molecule has 4 rings (SSSR count). The third-order valence-electron chi connectivity index (χ3n) is 5.65. The number of hydrogen-bond donors (Lipinski definition) is 1. The van der Waals surface area contributed by atoms with Crippen molar-refractivity contribution in [2.24, 2.45) is 0 Å². The number of hydrogen-bond acceptors (Lipinski definition) is 3. The minimum atomic E-state index is -0.495. The van der Waals surface area contributed by atoms with Crippen LogP contribution in [0, 0.1) is 5.82 Å². The van der Waals surface area contributed by atoms with Crippen LogP contribution < -0.4 is 15.1 Å². The molecule has 1 N–H and O–H groups in total. The topological polar surface area (TPSA) is 73.0 Å². The third kappa shape index (κ3) is 4.68. The summed E-state index contributed by atoms with van der Waals surface area (Å²) in [5, 5.41) is 2.69. The van der Waals surface area contributed by atoms with Crippen molar-refractivity contribution in [3.63, 3.8) is 0 Å². The highest BCUT2D eigenvalue weighted by Gasteiger charge is 2.34. The Hall–Kier alpha value is -3.42. The number of benzene rings is 2. The van der Waals surface area contributed by atoms with Crippen molar-refractivity contribution in [3.8, 4) is 0 Å². The molecule has 2 heterocycles. The highest BCUT2D eigenvalue weighted by Crippen LogP contribution is 2.34. The van der Waals surface area contributed by atoms with E-state index in [1.807, 2.05) is 4.90 Å². The molecule has 0 saturated carbocycles. The summed E-state index contributed by atoms with van der Waals surface area (Å²) in [4.78, 5) is 43.3. The molecular weight excluding hydrogens is 399 g/mol. The van der Waals surface area contributed by atoms with Crippen molar-refractivity contribution in [2.45, 2.75) is 25.7 Å². The summed E-state index contributed by atoms with van der Waals surface area (Å²) >= 11 is 0. The van der Waals surface area contributed by atoms with Crippen LogP contribution in [0.5, 0.6) is 0 Å². The number of halogens is 1. The average molecular weight is 424 g/mol. The van der Waals surface area contributed by atoms with Gasteiger partial charge in [0, 0.05) is 18.8 Å².